The van der Waals surface area contributed by atoms with Crippen molar-refractivity contribution in [1.29, 1.82) is 5.26 Å². The molecule has 2 aliphatic rings. The van der Waals surface area contributed by atoms with Crippen molar-refractivity contribution in [2.45, 2.75) is 52.2 Å². The number of thiazole rings is 1. The lowest BCUT2D eigenvalue weighted by Crippen LogP contribution is -2.35. The molecule has 1 fully saturated rings. The van der Waals surface area contributed by atoms with E-state index < -0.39 is 10.0 Å². The van der Waals surface area contributed by atoms with E-state index in [1.54, 1.807) is 11.3 Å². The molecular weight excluding hydrogens is 516 g/mol. The first-order valence-electron chi connectivity index (χ1n) is 13.2. The van der Waals surface area contributed by atoms with E-state index in [-0.39, 0.29) is 17.9 Å². The van der Waals surface area contributed by atoms with Gasteiger partial charge in [-0.1, -0.05) is 25.1 Å². The normalized spacial score (nSPS) is 19.6. The third-order valence-corrected chi connectivity index (χ3v) is 9.70. The third-order valence-electron chi connectivity index (χ3n) is 7.26. The van der Waals surface area contributed by atoms with Gasteiger partial charge in [-0.3, -0.25) is 0 Å². The molecule has 3 aromatic rings. The molecule has 2 aromatic carbocycles. The Morgan fingerprint density at radius 1 is 1.26 bits per heavy atom. The minimum Gasteiger partial charge on any atom is -0.490 e. The molecule has 7 nitrogen and oxygen atoms in total. The lowest BCUT2D eigenvalue weighted by molar-refractivity contribution is 0.242. The molecule has 0 radical (unpaired) electrons. The molecule has 1 saturated heterocycles. The molecule has 0 unspecified atom stereocenters. The highest BCUT2D eigenvalue weighted by molar-refractivity contribution is 7.89. The molecule has 0 saturated carbocycles. The summed E-state index contributed by atoms with van der Waals surface area (Å²) in [7, 11) is -3.38. The van der Waals surface area contributed by atoms with Crippen LogP contribution in [0.3, 0.4) is 0 Å². The number of nitriles is 1. The molecule has 38 heavy (non-hydrogen) atoms. The standard InChI is InChI=1S/C29H34N4O3S2/c1-19(2)36-27-10-7-21(15-22(27)16-30)29-31-17-28(37-29)25-6-4-5-24-23(25)8-9-26(24)32-38(34,35)14-13-33-12-11-20(3)18-33/h4-7,10,15,17,19-20,26,32H,8-9,11-14,18H2,1-3H3/t20-,26-/m1/s1. The number of sulfonamides is 1. The lowest BCUT2D eigenvalue weighted by atomic mass is 10.0. The fourth-order valence-electron chi connectivity index (χ4n) is 5.40. The summed E-state index contributed by atoms with van der Waals surface area (Å²) >= 11 is 1.58. The van der Waals surface area contributed by atoms with Gasteiger partial charge in [0.15, 0.2) is 0 Å². The van der Waals surface area contributed by atoms with Crippen molar-refractivity contribution < 1.29 is 13.2 Å². The molecule has 5 rings (SSSR count). The molecule has 1 N–H and O–H groups in total. The number of hydrogen-bond acceptors (Lipinski definition) is 7. The van der Waals surface area contributed by atoms with E-state index in [1.165, 1.54) is 5.56 Å². The Balaban J connectivity index is 1.32. The molecule has 1 aromatic heterocycles. The summed E-state index contributed by atoms with van der Waals surface area (Å²) in [6, 6.07) is 13.7. The maximum atomic E-state index is 12.9. The Hall–Kier alpha value is -2.77. The van der Waals surface area contributed by atoms with E-state index in [1.807, 2.05) is 50.4 Å². The summed E-state index contributed by atoms with van der Waals surface area (Å²) in [4.78, 5) is 7.93. The molecule has 0 spiro atoms. The van der Waals surface area contributed by atoms with Gasteiger partial charge in [-0.2, -0.15) is 5.26 Å². The second-order valence-electron chi connectivity index (χ2n) is 10.6. The number of likely N-dealkylation sites (tertiary alicyclic amines) is 1. The van der Waals surface area contributed by atoms with Crippen LogP contribution >= 0.6 is 11.3 Å². The van der Waals surface area contributed by atoms with Gasteiger partial charge in [0.25, 0.3) is 0 Å². The third kappa shape index (κ3) is 5.94. The van der Waals surface area contributed by atoms with Crippen LogP contribution in [0.5, 0.6) is 5.75 Å². The molecule has 0 bridgehead atoms. The molecule has 9 heteroatoms. The number of fused-ring (bicyclic) bond motifs is 1. The molecule has 1 aliphatic carbocycles. The highest BCUT2D eigenvalue weighted by Gasteiger charge is 2.29. The van der Waals surface area contributed by atoms with Crippen molar-refractivity contribution >= 4 is 21.4 Å². The molecule has 0 amide bonds. The number of benzene rings is 2. The number of rotatable bonds is 9. The maximum Gasteiger partial charge on any atom is 0.213 e. The summed E-state index contributed by atoms with van der Waals surface area (Å²) in [6.45, 7) is 8.64. The van der Waals surface area contributed by atoms with Crippen molar-refractivity contribution in [2.24, 2.45) is 5.92 Å². The van der Waals surface area contributed by atoms with E-state index in [4.69, 9.17) is 4.74 Å². The fourth-order valence-corrected chi connectivity index (χ4v) is 7.66. The van der Waals surface area contributed by atoms with Crippen molar-refractivity contribution in [3.63, 3.8) is 0 Å². The van der Waals surface area contributed by atoms with Crippen LogP contribution in [-0.4, -0.2) is 49.8 Å². The Kier molecular flexibility index (Phi) is 7.87. The van der Waals surface area contributed by atoms with Gasteiger partial charge in [0.2, 0.25) is 10.0 Å². The smallest absolute Gasteiger partial charge is 0.213 e. The van der Waals surface area contributed by atoms with E-state index in [2.05, 4.69) is 33.7 Å². The topological polar surface area (TPSA) is 95.3 Å². The first-order chi connectivity index (χ1) is 18.2. The zero-order chi connectivity index (χ0) is 26.9. The highest BCUT2D eigenvalue weighted by Crippen LogP contribution is 2.41. The maximum absolute atomic E-state index is 12.9. The van der Waals surface area contributed by atoms with E-state index in [9.17, 15) is 13.7 Å². The van der Waals surface area contributed by atoms with Gasteiger partial charge in [-0.15, -0.1) is 11.3 Å². The number of ether oxygens (including phenoxy) is 1. The number of nitrogens with zero attached hydrogens (tertiary/aromatic N) is 3. The van der Waals surface area contributed by atoms with Crippen molar-refractivity contribution in [3.8, 4) is 32.8 Å². The van der Waals surface area contributed by atoms with Crippen LogP contribution in [0.25, 0.3) is 21.0 Å². The van der Waals surface area contributed by atoms with Crippen LogP contribution < -0.4 is 9.46 Å². The van der Waals surface area contributed by atoms with Gasteiger partial charge in [0.1, 0.15) is 16.8 Å². The van der Waals surface area contributed by atoms with Crippen molar-refractivity contribution in [1.82, 2.24) is 14.6 Å². The average molecular weight is 551 g/mol. The summed E-state index contributed by atoms with van der Waals surface area (Å²) in [5.74, 6) is 1.35. The Morgan fingerprint density at radius 2 is 2.11 bits per heavy atom. The minimum absolute atomic E-state index is 0.0122. The van der Waals surface area contributed by atoms with Crippen LogP contribution in [-0.2, 0) is 16.4 Å². The number of hydrogen-bond donors (Lipinski definition) is 1. The fraction of sp³-hybridized carbons (Fsp3) is 0.448. The summed E-state index contributed by atoms with van der Waals surface area (Å²) in [5, 5.41) is 10.4. The Bertz CT molecular complexity index is 1460. The first kappa shape index (κ1) is 26.8. The molecule has 1 aliphatic heterocycles. The predicted molar refractivity (Wildman–Crippen MR) is 152 cm³/mol. The second kappa shape index (κ2) is 11.1. The van der Waals surface area contributed by atoms with E-state index in [0.29, 0.717) is 23.8 Å². The van der Waals surface area contributed by atoms with Crippen LogP contribution in [0, 0.1) is 17.2 Å². The van der Waals surface area contributed by atoms with Crippen LogP contribution in [0.2, 0.25) is 0 Å². The number of aromatic nitrogens is 1. The lowest BCUT2D eigenvalue weighted by Gasteiger charge is -2.18. The number of nitrogens with one attached hydrogen (secondary N) is 1. The van der Waals surface area contributed by atoms with Crippen LogP contribution in [0.4, 0.5) is 0 Å². The molecular formula is C29H34N4O3S2. The zero-order valence-corrected chi connectivity index (χ0v) is 23.7. The second-order valence-corrected chi connectivity index (χ2v) is 13.5. The van der Waals surface area contributed by atoms with Crippen LogP contribution in [0.15, 0.2) is 42.6 Å². The summed E-state index contributed by atoms with van der Waals surface area (Å²) in [6.07, 6.45) is 4.56. The van der Waals surface area contributed by atoms with Gasteiger partial charge in [-0.05, 0) is 80.5 Å². The van der Waals surface area contributed by atoms with Gasteiger partial charge in [0.05, 0.1) is 22.3 Å². The van der Waals surface area contributed by atoms with Gasteiger partial charge >= 0.3 is 0 Å². The predicted octanol–water partition coefficient (Wildman–Crippen LogP) is 5.38. The highest BCUT2D eigenvalue weighted by atomic mass is 32.2. The minimum atomic E-state index is -3.38. The monoisotopic (exact) mass is 550 g/mol. The summed E-state index contributed by atoms with van der Waals surface area (Å²) < 4.78 is 34.5. The van der Waals surface area contributed by atoms with Gasteiger partial charge < -0.3 is 9.64 Å². The SMILES string of the molecule is CC(C)Oc1ccc(-c2ncc(-c3cccc4c3CC[C@H]4NS(=O)(=O)CCN3CC[C@@H](C)C3)s2)cc1C#N. The van der Waals surface area contributed by atoms with Crippen LogP contribution in [0.1, 0.15) is 56.3 Å². The average Bonchev–Trinajstić information content (AvgIpc) is 3.63. The van der Waals surface area contributed by atoms with Gasteiger partial charge in [-0.25, -0.2) is 18.1 Å². The molecule has 2 heterocycles. The first-order valence-corrected chi connectivity index (χ1v) is 15.7. The van der Waals surface area contributed by atoms with Crippen molar-refractivity contribution in [2.75, 3.05) is 25.4 Å². The largest absolute Gasteiger partial charge is 0.490 e. The quantitative estimate of drug-likeness (QED) is 0.384. The van der Waals surface area contributed by atoms with E-state index >= 15 is 0 Å². The molecule has 2 atom stereocenters. The van der Waals surface area contributed by atoms with Gasteiger partial charge in [0, 0.05) is 30.9 Å². The Labute approximate surface area is 229 Å². The zero-order valence-electron chi connectivity index (χ0n) is 22.1. The summed E-state index contributed by atoms with van der Waals surface area (Å²) in [5.41, 5.74) is 4.70. The van der Waals surface area contributed by atoms with Crippen molar-refractivity contribution in [3.05, 3.63) is 59.3 Å². The van der Waals surface area contributed by atoms with E-state index in [0.717, 1.165) is 58.9 Å². The Morgan fingerprint density at radius 3 is 2.84 bits per heavy atom. The molecule has 200 valence electrons.